The smallest absolute Gasteiger partial charge is 0.193 e. The molecule has 1 N–H and O–H groups in total. The Balaban J connectivity index is 0.00000243. The van der Waals surface area contributed by atoms with Crippen LogP contribution in [0.15, 0.2) is 22.5 Å². The highest BCUT2D eigenvalue weighted by molar-refractivity contribution is 14.0. The zero-order chi connectivity index (χ0) is 17.5. The van der Waals surface area contributed by atoms with Gasteiger partial charge < -0.3 is 15.0 Å². The molecule has 1 aromatic rings. The molecule has 0 spiro atoms. The monoisotopic (exact) mass is 510 g/mol. The van der Waals surface area contributed by atoms with Crippen LogP contribution in [-0.2, 0) is 4.74 Å². The van der Waals surface area contributed by atoms with Crippen LogP contribution < -0.4 is 5.32 Å². The number of hydrogen-bond acceptors (Lipinski definition) is 5. The minimum absolute atomic E-state index is 0. The average Bonchev–Trinajstić information content (AvgIpc) is 3.20. The van der Waals surface area contributed by atoms with Gasteiger partial charge in [-0.1, -0.05) is 13.0 Å². The van der Waals surface area contributed by atoms with Gasteiger partial charge in [-0.15, -0.1) is 35.3 Å². The van der Waals surface area contributed by atoms with Crippen LogP contribution in [0.25, 0.3) is 0 Å². The van der Waals surface area contributed by atoms with E-state index >= 15 is 0 Å². The molecule has 148 valence electrons. The van der Waals surface area contributed by atoms with E-state index in [1.165, 1.54) is 17.1 Å². The van der Waals surface area contributed by atoms with Gasteiger partial charge in [0.1, 0.15) is 0 Å². The van der Waals surface area contributed by atoms with Gasteiger partial charge in [-0.05, 0) is 17.9 Å². The maximum absolute atomic E-state index is 5.54. The van der Waals surface area contributed by atoms with Crippen molar-refractivity contribution in [3.05, 3.63) is 22.4 Å². The molecule has 3 heterocycles. The summed E-state index contributed by atoms with van der Waals surface area (Å²) in [4.78, 5) is 10.9. The first kappa shape index (κ1) is 22.3. The molecule has 5 nitrogen and oxygen atoms in total. The number of halogens is 1. The molecule has 2 atom stereocenters. The highest BCUT2D eigenvalue weighted by Gasteiger charge is 2.26. The molecular weight excluding hydrogens is 479 g/mol. The van der Waals surface area contributed by atoms with Crippen molar-refractivity contribution in [1.29, 1.82) is 0 Å². The molecule has 1 aromatic heterocycles. The first-order valence-electron chi connectivity index (χ1n) is 9.24. The van der Waals surface area contributed by atoms with Gasteiger partial charge in [0.25, 0.3) is 0 Å². The molecule has 0 saturated carbocycles. The van der Waals surface area contributed by atoms with Gasteiger partial charge in [-0.25, -0.2) is 0 Å². The summed E-state index contributed by atoms with van der Waals surface area (Å²) in [6.07, 6.45) is 1.23. The predicted octanol–water partition coefficient (Wildman–Crippen LogP) is 3.14. The Kier molecular flexibility index (Phi) is 10.0. The van der Waals surface area contributed by atoms with Crippen LogP contribution in [0.2, 0.25) is 0 Å². The molecule has 2 unspecified atom stereocenters. The Hall–Kier alpha value is -0.0300. The van der Waals surface area contributed by atoms with Crippen LogP contribution in [0.1, 0.15) is 24.3 Å². The summed E-state index contributed by atoms with van der Waals surface area (Å²) in [7, 11) is 1.90. The Morgan fingerprint density at radius 3 is 2.85 bits per heavy atom. The molecule has 2 saturated heterocycles. The van der Waals surface area contributed by atoms with E-state index in [1.54, 1.807) is 0 Å². The third-order valence-electron chi connectivity index (χ3n) is 4.92. The fourth-order valence-corrected chi connectivity index (χ4v) is 5.50. The Morgan fingerprint density at radius 2 is 2.19 bits per heavy atom. The van der Waals surface area contributed by atoms with Gasteiger partial charge in [0, 0.05) is 55.7 Å². The molecule has 3 rings (SSSR count). The lowest BCUT2D eigenvalue weighted by atomic mass is 10.2. The number of ether oxygens (including phenoxy) is 1. The number of thiophene rings is 1. The highest BCUT2D eigenvalue weighted by Crippen LogP contribution is 2.26. The van der Waals surface area contributed by atoms with Crippen LogP contribution in [0.5, 0.6) is 0 Å². The van der Waals surface area contributed by atoms with Crippen LogP contribution >= 0.6 is 47.1 Å². The molecule has 0 aromatic carbocycles. The van der Waals surface area contributed by atoms with Crippen LogP contribution in [0.3, 0.4) is 0 Å². The fraction of sp³-hybridized carbons (Fsp3) is 0.722. The minimum Gasteiger partial charge on any atom is -0.379 e. The minimum atomic E-state index is 0. The summed E-state index contributed by atoms with van der Waals surface area (Å²) >= 11 is 3.94. The summed E-state index contributed by atoms with van der Waals surface area (Å²) in [5.74, 6) is 2.24. The second kappa shape index (κ2) is 11.7. The van der Waals surface area contributed by atoms with Crippen LogP contribution in [0.4, 0.5) is 0 Å². The van der Waals surface area contributed by atoms with Gasteiger partial charge in [0.2, 0.25) is 0 Å². The predicted molar refractivity (Wildman–Crippen MR) is 124 cm³/mol. The van der Waals surface area contributed by atoms with Crippen molar-refractivity contribution in [2.24, 2.45) is 4.99 Å². The zero-order valence-electron chi connectivity index (χ0n) is 15.7. The van der Waals surface area contributed by atoms with Crippen molar-refractivity contribution in [3.8, 4) is 0 Å². The topological polar surface area (TPSA) is 40.1 Å². The molecule has 2 aliphatic heterocycles. The van der Waals surface area contributed by atoms with Gasteiger partial charge in [-0.3, -0.25) is 9.89 Å². The zero-order valence-corrected chi connectivity index (χ0v) is 19.7. The van der Waals surface area contributed by atoms with Crippen molar-refractivity contribution in [2.75, 3.05) is 58.7 Å². The number of aliphatic imine (C=N–C) groups is 1. The van der Waals surface area contributed by atoms with Gasteiger partial charge >= 0.3 is 0 Å². The third kappa shape index (κ3) is 5.98. The van der Waals surface area contributed by atoms with Crippen LogP contribution in [-0.4, -0.2) is 79.7 Å². The van der Waals surface area contributed by atoms with Crippen LogP contribution in [0, 0.1) is 0 Å². The number of nitrogens with one attached hydrogen (secondary N) is 1. The largest absolute Gasteiger partial charge is 0.379 e. The normalized spacial score (nSPS) is 23.4. The second-order valence-corrected chi connectivity index (χ2v) is 8.84. The molecule has 0 radical (unpaired) electrons. The summed E-state index contributed by atoms with van der Waals surface area (Å²) in [5, 5.41) is 6.55. The van der Waals surface area contributed by atoms with Crippen molar-refractivity contribution in [2.45, 2.75) is 24.6 Å². The summed E-state index contributed by atoms with van der Waals surface area (Å²) < 4.78 is 5.54. The number of thioether (sulfide) groups is 1. The van der Waals surface area contributed by atoms with Gasteiger partial charge in [0.15, 0.2) is 5.96 Å². The standard InChI is InChI=1S/C18H30N4OS2.HI/c1-3-15-14-22(8-12-24-15)18(19-2)20-13-16(17-5-4-11-25-17)21-6-9-23-10-7-21;/h4-5,11,15-16H,3,6-10,12-14H2,1-2H3,(H,19,20);1H. The maximum atomic E-state index is 5.54. The lowest BCUT2D eigenvalue weighted by Crippen LogP contribution is -2.50. The summed E-state index contributed by atoms with van der Waals surface area (Å²) in [5.41, 5.74) is 0. The number of morpholine rings is 1. The van der Waals surface area contributed by atoms with Gasteiger partial charge in [-0.2, -0.15) is 11.8 Å². The quantitative estimate of drug-likeness (QED) is 0.375. The first-order valence-corrected chi connectivity index (χ1v) is 11.2. The first-order chi connectivity index (χ1) is 12.3. The van der Waals surface area contributed by atoms with Crippen molar-refractivity contribution >= 4 is 53.0 Å². The van der Waals surface area contributed by atoms with E-state index in [0.29, 0.717) is 6.04 Å². The molecular formula is C18H31IN4OS2. The third-order valence-corrected chi connectivity index (χ3v) is 7.26. The van der Waals surface area contributed by atoms with E-state index in [9.17, 15) is 0 Å². The molecule has 0 bridgehead atoms. The maximum Gasteiger partial charge on any atom is 0.193 e. The number of hydrogen-bond donors (Lipinski definition) is 1. The molecule has 2 aliphatic rings. The number of guanidine groups is 1. The van der Waals surface area contributed by atoms with E-state index in [1.807, 2.05) is 18.4 Å². The molecule has 0 amide bonds. The van der Waals surface area contributed by atoms with E-state index < -0.39 is 0 Å². The van der Waals surface area contributed by atoms with Crippen molar-refractivity contribution < 1.29 is 4.74 Å². The lowest BCUT2D eigenvalue weighted by molar-refractivity contribution is 0.0176. The number of rotatable bonds is 5. The average molecular weight is 511 g/mol. The van der Waals surface area contributed by atoms with E-state index in [2.05, 4.69) is 56.3 Å². The SMILES string of the molecule is CCC1CN(C(=NC)NCC(c2cccs2)N2CCOCC2)CCS1.I. The van der Waals surface area contributed by atoms with Gasteiger partial charge in [0.05, 0.1) is 19.3 Å². The number of nitrogens with zero attached hydrogens (tertiary/aromatic N) is 3. The summed E-state index contributed by atoms with van der Waals surface area (Å²) in [6.45, 7) is 9.03. The van der Waals surface area contributed by atoms with E-state index in [4.69, 9.17) is 4.74 Å². The molecule has 26 heavy (non-hydrogen) atoms. The fourth-order valence-electron chi connectivity index (χ4n) is 3.46. The summed E-state index contributed by atoms with van der Waals surface area (Å²) in [6, 6.07) is 4.79. The Bertz CT molecular complexity index is 537. The van der Waals surface area contributed by atoms with E-state index in [-0.39, 0.29) is 24.0 Å². The molecule has 8 heteroatoms. The second-order valence-electron chi connectivity index (χ2n) is 6.45. The Morgan fingerprint density at radius 1 is 1.38 bits per heavy atom. The van der Waals surface area contributed by atoms with Crippen molar-refractivity contribution in [1.82, 2.24) is 15.1 Å². The molecule has 2 fully saturated rings. The lowest BCUT2D eigenvalue weighted by Gasteiger charge is -2.37. The highest BCUT2D eigenvalue weighted by atomic mass is 127. The van der Waals surface area contributed by atoms with Crippen molar-refractivity contribution in [3.63, 3.8) is 0 Å². The Labute approximate surface area is 183 Å². The molecule has 0 aliphatic carbocycles. The van der Waals surface area contributed by atoms with E-state index in [0.717, 1.165) is 57.1 Å².